The number of amides is 2. The molecule has 1 unspecified atom stereocenters. The van der Waals surface area contributed by atoms with Crippen LogP contribution in [0.2, 0.25) is 0 Å². The molecule has 0 bridgehead atoms. The molecule has 0 aliphatic carbocycles. The van der Waals surface area contributed by atoms with E-state index in [1.165, 1.54) is 0 Å². The van der Waals surface area contributed by atoms with Crippen LogP contribution in [0.15, 0.2) is 72.8 Å². The number of rotatable bonds is 3. The van der Waals surface area contributed by atoms with Crippen molar-refractivity contribution in [3.05, 3.63) is 89.6 Å². The lowest BCUT2D eigenvalue weighted by Crippen LogP contribution is -2.37. The predicted molar refractivity (Wildman–Crippen MR) is 124 cm³/mol. The van der Waals surface area contributed by atoms with Gasteiger partial charge in [0.25, 0.3) is 11.8 Å². The van der Waals surface area contributed by atoms with Crippen LogP contribution in [0.1, 0.15) is 39.4 Å². The summed E-state index contributed by atoms with van der Waals surface area (Å²) >= 11 is 0. The van der Waals surface area contributed by atoms with E-state index in [0.29, 0.717) is 29.1 Å². The number of anilines is 1. The molecule has 1 atom stereocenters. The third-order valence-electron chi connectivity index (χ3n) is 5.78. The number of fused-ring (bicyclic) bond motifs is 3. The fourth-order valence-electron chi connectivity index (χ4n) is 4.18. The van der Waals surface area contributed by atoms with Gasteiger partial charge < -0.3 is 15.2 Å². The van der Waals surface area contributed by atoms with Crippen molar-refractivity contribution in [3.63, 3.8) is 0 Å². The van der Waals surface area contributed by atoms with Crippen molar-refractivity contribution in [1.82, 2.24) is 9.88 Å². The number of nitriles is 1. The number of nitrogens with zero attached hydrogens (tertiary/aromatic N) is 2. The van der Waals surface area contributed by atoms with E-state index in [9.17, 15) is 9.59 Å². The van der Waals surface area contributed by atoms with Crippen LogP contribution < -0.4 is 10.6 Å². The van der Waals surface area contributed by atoms with E-state index in [0.717, 1.165) is 22.0 Å². The van der Waals surface area contributed by atoms with Crippen molar-refractivity contribution in [3.8, 4) is 17.2 Å². The van der Waals surface area contributed by atoms with Gasteiger partial charge in [-0.3, -0.25) is 9.59 Å². The summed E-state index contributed by atoms with van der Waals surface area (Å²) in [5, 5.41) is 15.9. The van der Waals surface area contributed by atoms with Crippen molar-refractivity contribution in [2.24, 2.45) is 0 Å². The molecule has 1 aliphatic rings. The molecule has 1 aromatic heterocycles. The second kappa shape index (κ2) is 7.71. The lowest BCUT2D eigenvalue weighted by molar-refractivity contribution is 0.0919. The largest absolute Gasteiger partial charge is 0.349 e. The van der Waals surface area contributed by atoms with E-state index in [4.69, 9.17) is 5.26 Å². The summed E-state index contributed by atoms with van der Waals surface area (Å²) in [6.45, 7) is 2.60. The summed E-state index contributed by atoms with van der Waals surface area (Å²) in [5.74, 6) is -0.319. The van der Waals surface area contributed by atoms with Crippen molar-refractivity contribution in [2.45, 2.75) is 13.0 Å². The minimum absolute atomic E-state index is 0.0948. The Hall–Kier alpha value is -4.37. The normalized spacial score (nSPS) is 15.0. The van der Waals surface area contributed by atoms with Gasteiger partial charge in [0, 0.05) is 34.7 Å². The van der Waals surface area contributed by atoms with Gasteiger partial charge in [0.15, 0.2) is 0 Å². The Morgan fingerprint density at radius 1 is 1.06 bits per heavy atom. The Kier molecular flexibility index (Phi) is 4.72. The van der Waals surface area contributed by atoms with Crippen LogP contribution in [0.25, 0.3) is 22.0 Å². The molecule has 0 saturated heterocycles. The summed E-state index contributed by atoms with van der Waals surface area (Å²) in [4.78, 5) is 25.2. The molecular formula is C26H20N4O2. The highest BCUT2D eigenvalue weighted by molar-refractivity contribution is 6.07. The van der Waals surface area contributed by atoms with Crippen molar-refractivity contribution < 1.29 is 9.59 Å². The second-order valence-electron chi connectivity index (χ2n) is 7.96. The van der Waals surface area contributed by atoms with Crippen molar-refractivity contribution in [2.75, 3.05) is 11.9 Å². The first-order valence-electron chi connectivity index (χ1n) is 10.4. The molecule has 156 valence electrons. The number of aromatic nitrogens is 1. The molecule has 3 aromatic carbocycles. The van der Waals surface area contributed by atoms with Crippen molar-refractivity contribution in [1.29, 1.82) is 5.26 Å². The monoisotopic (exact) mass is 420 g/mol. The van der Waals surface area contributed by atoms with Gasteiger partial charge in [-0.05, 0) is 60.5 Å². The van der Waals surface area contributed by atoms with E-state index in [1.54, 1.807) is 12.1 Å². The zero-order chi connectivity index (χ0) is 22.2. The molecule has 0 radical (unpaired) electrons. The molecule has 6 heteroatoms. The smallest absolute Gasteiger partial charge is 0.268 e. The highest BCUT2D eigenvalue weighted by Gasteiger charge is 2.24. The Bertz CT molecular complexity index is 1430. The molecule has 4 aromatic rings. The summed E-state index contributed by atoms with van der Waals surface area (Å²) in [6, 6.07) is 24.5. The SMILES string of the molecule is CC1CNC(=O)c2cc3ccc(C(=O)Nc4cccc(-c5cccc(C#N)c5)c4)cc3n21. The van der Waals surface area contributed by atoms with E-state index in [-0.39, 0.29) is 17.9 Å². The average Bonchev–Trinajstić information content (AvgIpc) is 3.22. The van der Waals surface area contributed by atoms with E-state index < -0.39 is 0 Å². The molecule has 0 fully saturated rings. The van der Waals surface area contributed by atoms with Crippen LogP contribution in [0.5, 0.6) is 0 Å². The van der Waals surface area contributed by atoms with Crippen LogP contribution >= 0.6 is 0 Å². The van der Waals surface area contributed by atoms with Gasteiger partial charge in [0.2, 0.25) is 0 Å². The van der Waals surface area contributed by atoms with Crippen LogP contribution in [0.4, 0.5) is 5.69 Å². The molecule has 5 rings (SSSR count). The average molecular weight is 420 g/mol. The first-order chi connectivity index (χ1) is 15.5. The third-order valence-corrected chi connectivity index (χ3v) is 5.78. The molecule has 1 aliphatic heterocycles. The quantitative estimate of drug-likeness (QED) is 0.502. The Morgan fingerprint density at radius 2 is 1.84 bits per heavy atom. The topological polar surface area (TPSA) is 86.9 Å². The highest BCUT2D eigenvalue weighted by atomic mass is 16.2. The number of carbonyl (C=O) groups excluding carboxylic acids is 2. The van der Waals surface area contributed by atoms with Gasteiger partial charge in [0.1, 0.15) is 5.69 Å². The summed E-state index contributed by atoms with van der Waals surface area (Å²) < 4.78 is 1.99. The molecule has 2 heterocycles. The predicted octanol–water partition coefficient (Wildman–Crippen LogP) is 4.74. The molecule has 0 saturated carbocycles. The number of hydrogen-bond acceptors (Lipinski definition) is 3. The summed E-state index contributed by atoms with van der Waals surface area (Å²) in [5.41, 5.74) is 5.09. The van der Waals surface area contributed by atoms with Crippen LogP contribution in [-0.2, 0) is 0 Å². The summed E-state index contributed by atoms with van der Waals surface area (Å²) in [6.07, 6.45) is 0. The first-order valence-corrected chi connectivity index (χ1v) is 10.4. The number of benzene rings is 3. The van der Waals surface area contributed by atoms with E-state index >= 15 is 0 Å². The highest BCUT2D eigenvalue weighted by Crippen LogP contribution is 2.28. The number of carbonyl (C=O) groups is 2. The second-order valence-corrected chi connectivity index (χ2v) is 7.96. The third kappa shape index (κ3) is 3.40. The lowest BCUT2D eigenvalue weighted by atomic mass is 10.0. The maximum Gasteiger partial charge on any atom is 0.268 e. The molecule has 2 amide bonds. The van der Waals surface area contributed by atoms with E-state index in [1.807, 2.05) is 72.2 Å². The zero-order valence-corrected chi connectivity index (χ0v) is 17.4. The van der Waals surface area contributed by atoms with E-state index in [2.05, 4.69) is 16.7 Å². The molecule has 0 spiro atoms. The lowest BCUT2D eigenvalue weighted by Gasteiger charge is -2.24. The van der Waals surface area contributed by atoms with Gasteiger partial charge in [-0.2, -0.15) is 5.26 Å². The molecular weight excluding hydrogens is 400 g/mol. The zero-order valence-electron chi connectivity index (χ0n) is 17.4. The van der Waals surface area contributed by atoms with Crippen LogP contribution in [0, 0.1) is 11.3 Å². The van der Waals surface area contributed by atoms with Gasteiger partial charge in [-0.1, -0.05) is 30.3 Å². The van der Waals surface area contributed by atoms with Crippen LogP contribution in [0.3, 0.4) is 0 Å². The first kappa shape index (κ1) is 19.6. The molecule has 2 N–H and O–H groups in total. The Balaban J connectivity index is 1.45. The fourth-order valence-corrected chi connectivity index (χ4v) is 4.18. The Morgan fingerprint density at radius 3 is 2.66 bits per heavy atom. The minimum atomic E-state index is -0.224. The van der Waals surface area contributed by atoms with Gasteiger partial charge in [-0.25, -0.2) is 0 Å². The minimum Gasteiger partial charge on any atom is -0.349 e. The van der Waals surface area contributed by atoms with Gasteiger partial charge >= 0.3 is 0 Å². The maximum absolute atomic E-state index is 13.0. The maximum atomic E-state index is 13.0. The molecule has 6 nitrogen and oxygen atoms in total. The Labute approximate surface area is 185 Å². The van der Waals surface area contributed by atoms with Gasteiger partial charge in [-0.15, -0.1) is 0 Å². The van der Waals surface area contributed by atoms with Crippen LogP contribution in [-0.4, -0.2) is 22.9 Å². The van der Waals surface area contributed by atoms with Gasteiger partial charge in [0.05, 0.1) is 11.6 Å². The number of nitrogens with one attached hydrogen (secondary N) is 2. The summed E-state index contributed by atoms with van der Waals surface area (Å²) in [7, 11) is 0. The van der Waals surface area contributed by atoms with Crippen molar-refractivity contribution >= 4 is 28.4 Å². The standard InChI is InChI=1S/C26H20N4O2/c1-16-15-28-26(32)24-12-20-8-9-21(13-23(20)30(16)24)25(31)29-22-7-3-6-19(11-22)18-5-2-4-17(10-18)14-27/h2-13,16H,15H2,1H3,(H,28,32)(H,29,31). The molecule has 32 heavy (non-hydrogen) atoms. The fraction of sp³-hybridized carbons (Fsp3) is 0.115. The number of hydrogen-bond donors (Lipinski definition) is 2.